The highest BCUT2D eigenvalue weighted by molar-refractivity contribution is 8.18. The quantitative estimate of drug-likeness (QED) is 0.382. The molecule has 2 aromatic carbocycles. The SMILES string of the molecule is CC[C@H](C)Oc1ccc(/C=C2\SC(=O)N(CC(=O)Nc3cccc(SC)c3)C2=O)cc1OC. The van der Waals surface area contributed by atoms with Crippen LogP contribution in [-0.2, 0) is 9.59 Å². The summed E-state index contributed by atoms with van der Waals surface area (Å²) >= 11 is 2.36. The number of nitrogens with one attached hydrogen (secondary N) is 1. The predicted octanol–water partition coefficient (Wildman–Crippen LogP) is 5.27. The molecule has 0 aliphatic carbocycles. The number of hydrogen-bond donors (Lipinski definition) is 1. The van der Waals surface area contributed by atoms with Crippen LogP contribution in [0.1, 0.15) is 25.8 Å². The fourth-order valence-corrected chi connectivity index (χ4v) is 4.30. The molecule has 7 nitrogen and oxygen atoms in total. The zero-order chi connectivity index (χ0) is 24.0. The van der Waals surface area contributed by atoms with Crippen molar-refractivity contribution in [1.29, 1.82) is 0 Å². The van der Waals surface area contributed by atoms with Crippen molar-refractivity contribution < 1.29 is 23.9 Å². The first-order valence-corrected chi connectivity index (χ1v) is 12.4. The van der Waals surface area contributed by atoms with Crippen molar-refractivity contribution in [3.63, 3.8) is 0 Å². The Morgan fingerprint density at radius 3 is 2.70 bits per heavy atom. The van der Waals surface area contributed by atoms with Crippen LogP contribution in [0.4, 0.5) is 10.5 Å². The zero-order valence-corrected chi connectivity index (χ0v) is 20.5. The molecule has 2 aromatic rings. The van der Waals surface area contributed by atoms with Gasteiger partial charge in [0.1, 0.15) is 6.54 Å². The van der Waals surface area contributed by atoms with Gasteiger partial charge in [0, 0.05) is 10.6 Å². The molecule has 1 heterocycles. The molecule has 1 saturated heterocycles. The fourth-order valence-electron chi connectivity index (χ4n) is 3.00. The molecule has 0 radical (unpaired) electrons. The molecular weight excluding hydrogens is 460 g/mol. The average molecular weight is 487 g/mol. The van der Waals surface area contributed by atoms with E-state index in [1.165, 1.54) is 0 Å². The molecule has 33 heavy (non-hydrogen) atoms. The molecule has 0 saturated carbocycles. The van der Waals surface area contributed by atoms with Gasteiger partial charge in [-0.05, 0) is 73.3 Å². The smallest absolute Gasteiger partial charge is 0.294 e. The van der Waals surface area contributed by atoms with E-state index in [0.717, 1.165) is 28.0 Å². The molecule has 1 aliphatic rings. The molecule has 1 N–H and O–H groups in total. The lowest BCUT2D eigenvalue weighted by molar-refractivity contribution is -0.127. The lowest BCUT2D eigenvalue weighted by Gasteiger charge is -2.15. The van der Waals surface area contributed by atoms with E-state index in [0.29, 0.717) is 22.7 Å². The number of benzene rings is 2. The first-order chi connectivity index (χ1) is 15.8. The van der Waals surface area contributed by atoms with Gasteiger partial charge in [0.15, 0.2) is 11.5 Å². The Morgan fingerprint density at radius 2 is 2.00 bits per heavy atom. The Labute approximate surface area is 201 Å². The van der Waals surface area contributed by atoms with Crippen LogP contribution in [0.3, 0.4) is 0 Å². The number of carbonyl (C=O) groups excluding carboxylic acids is 3. The maximum atomic E-state index is 12.8. The van der Waals surface area contributed by atoms with Crippen LogP contribution in [0, 0.1) is 0 Å². The second-order valence-corrected chi connectivity index (χ2v) is 9.17. The second kappa shape index (κ2) is 11.3. The Balaban J connectivity index is 1.70. The lowest BCUT2D eigenvalue weighted by atomic mass is 10.1. The largest absolute Gasteiger partial charge is 0.493 e. The van der Waals surface area contributed by atoms with Gasteiger partial charge in [0.05, 0.1) is 18.1 Å². The van der Waals surface area contributed by atoms with Crippen molar-refractivity contribution in [3.05, 3.63) is 52.9 Å². The summed E-state index contributed by atoms with van der Waals surface area (Å²) in [5.74, 6) is 0.205. The minimum atomic E-state index is -0.503. The third-order valence-corrected chi connectivity index (χ3v) is 6.55. The summed E-state index contributed by atoms with van der Waals surface area (Å²) in [7, 11) is 1.55. The summed E-state index contributed by atoms with van der Waals surface area (Å²) in [5, 5.41) is 2.25. The van der Waals surface area contributed by atoms with Crippen molar-refractivity contribution in [2.75, 3.05) is 25.2 Å². The van der Waals surface area contributed by atoms with Crippen LogP contribution < -0.4 is 14.8 Å². The molecule has 0 bridgehead atoms. The number of amides is 3. The first-order valence-electron chi connectivity index (χ1n) is 10.4. The van der Waals surface area contributed by atoms with Crippen LogP contribution in [0.2, 0.25) is 0 Å². The van der Waals surface area contributed by atoms with Gasteiger partial charge in [-0.2, -0.15) is 0 Å². The molecule has 3 rings (SSSR count). The van der Waals surface area contributed by atoms with Gasteiger partial charge in [-0.3, -0.25) is 19.3 Å². The number of imide groups is 1. The molecular formula is C24H26N2O5S2. The first kappa shape index (κ1) is 24.7. The summed E-state index contributed by atoms with van der Waals surface area (Å²) in [4.78, 5) is 39.8. The molecule has 3 amide bonds. The highest BCUT2D eigenvalue weighted by Gasteiger charge is 2.36. The van der Waals surface area contributed by atoms with Gasteiger partial charge in [-0.15, -0.1) is 11.8 Å². The third-order valence-electron chi connectivity index (χ3n) is 4.92. The van der Waals surface area contributed by atoms with Gasteiger partial charge in [0.2, 0.25) is 5.91 Å². The van der Waals surface area contributed by atoms with E-state index >= 15 is 0 Å². The molecule has 1 fully saturated rings. The van der Waals surface area contributed by atoms with E-state index in [1.54, 1.807) is 49.2 Å². The molecule has 0 spiro atoms. The van der Waals surface area contributed by atoms with Crippen LogP contribution in [0.25, 0.3) is 6.08 Å². The average Bonchev–Trinajstić information content (AvgIpc) is 3.07. The molecule has 174 valence electrons. The Hall–Kier alpha value is -2.91. The van der Waals surface area contributed by atoms with Crippen LogP contribution in [-0.4, -0.2) is 48.0 Å². The van der Waals surface area contributed by atoms with Gasteiger partial charge in [-0.1, -0.05) is 19.1 Å². The molecule has 0 aromatic heterocycles. The predicted molar refractivity (Wildman–Crippen MR) is 133 cm³/mol. The van der Waals surface area contributed by atoms with Crippen LogP contribution in [0.5, 0.6) is 11.5 Å². The highest BCUT2D eigenvalue weighted by atomic mass is 32.2. The lowest BCUT2D eigenvalue weighted by Crippen LogP contribution is -2.36. The van der Waals surface area contributed by atoms with Crippen molar-refractivity contribution in [3.8, 4) is 11.5 Å². The summed E-state index contributed by atoms with van der Waals surface area (Å²) in [6.07, 6.45) is 4.44. The molecule has 0 unspecified atom stereocenters. The number of carbonyl (C=O) groups is 3. The maximum absolute atomic E-state index is 12.8. The van der Waals surface area contributed by atoms with Crippen LogP contribution in [0.15, 0.2) is 52.3 Å². The molecule has 9 heteroatoms. The van der Waals surface area contributed by atoms with E-state index in [4.69, 9.17) is 9.47 Å². The third kappa shape index (κ3) is 6.33. The minimum absolute atomic E-state index is 0.0376. The topological polar surface area (TPSA) is 84.9 Å². The zero-order valence-electron chi connectivity index (χ0n) is 18.9. The Morgan fingerprint density at radius 1 is 1.21 bits per heavy atom. The van der Waals surface area contributed by atoms with Crippen LogP contribution >= 0.6 is 23.5 Å². The summed E-state index contributed by atoms with van der Waals surface area (Å²) in [5.41, 5.74) is 1.30. The monoisotopic (exact) mass is 486 g/mol. The minimum Gasteiger partial charge on any atom is -0.493 e. The number of nitrogens with zero attached hydrogens (tertiary/aromatic N) is 1. The van der Waals surface area contributed by atoms with Crippen molar-refractivity contribution in [1.82, 2.24) is 4.90 Å². The van der Waals surface area contributed by atoms with Crippen molar-refractivity contribution in [2.45, 2.75) is 31.3 Å². The van der Waals surface area contributed by atoms with E-state index in [1.807, 2.05) is 38.3 Å². The Kier molecular flexibility index (Phi) is 8.46. The van der Waals surface area contributed by atoms with Crippen molar-refractivity contribution >= 4 is 52.3 Å². The highest BCUT2D eigenvalue weighted by Crippen LogP contribution is 2.35. The number of ether oxygens (including phenoxy) is 2. The fraction of sp³-hybridized carbons (Fsp3) is 0.292. The maximum Gasteiger partial charge on any atom is 0.294 e. The number of rotatable bonds is 9. The van der Waals surface area contributed by atoms with Gasteiger partial charge >= 0.3 is 0 Å². The van der Waals surface area contributed by atoms with E-state index < -0.39 is 17.1 Å². The number of methoxy groups -OCH3 is 1. The van der Waals surface area contributed by atoms with Crippen molar-refractivity contribution in [2.24, 2.45) is 0 Å². The molecule has 1 aliphatic heterocycles. The van der Waals surface area contributed by atoms with E-state index in [9.17, 15) is 14.4 Å². The van der Waals surface area contributed by atoms with E-state index in [2.05, 4.69) is 5.32 Å². The summed E-state index contributed by atoms with van der Waals surface area (Å²) in [6, 6.07) is 12.7. The van der Waals surface area contributed by atoms with Gasteiger partial charge < -0.3 is 14.8 Å². The summed E-state index contributed by atoms with van der Waals surface area (Å²) in [6.45, 7) is 3.65. The van der Waals surface area contributed by atoms with Gasteiger partial charge in [-0.25, -0.2) is 0 Å². The number of thioether (sulfide) groups is 2. The molecule has 1 atom stereocenters. The standard InChI is InChI=1S/C24H26N2O5S2/c1-5-15(2)31-19-10-9-16(11-20(19)30-3)12-21-23(28)26(24(29)33-21)14-22(27)25-17-7-6-8-18(13-17)32-4/h6-13,15H,5,14H2,1-4H3,(H,25,27)/b21-12-/t15-/m0/s1. The number of anilines is 1. The van der Waals surface area contributed by atoms with E-state index in [-0.39, 0.29) is 17.6 Å². The summed E-state index contributed by atoms with van der Waals surface area (Å²) < 4.78 is 11.3. The Bertz CT molecular complexity index is 1090. The van der Waals surface area contributed by atoms with Gasteiger partial charge in [0.25, 0.3) is 11.1 Å². The second-order valence-electron chi connectivity index (χ2n) is 7.30. The number of hydrogen-bond acceptors (Lipinski definition) is 7. The normalized spacial score (nSPS) is 15.6.